The van der Waals surface area contributed by atoms with E-state index in [0.29, 0.717) is 30.8 Å². The molecule has 0 fully saturated rings. The van der Waals surface area contributed by atoms with Crippen LogP contribution in [-0.2, 0) is 22.6 Å². The SMILES string of the molecule is O=C(c1ccco1)N1CCc2ccc(NS(=O)(=O)c3ccc(C(F)(F)F)cc3)cc21. The molecule has 0 radical (unpaired) electrons. The Morgan fingerprint density at radius 3 is 2.43 bits per heavy atom. The fraction of sp³-hybridized carbons (Fsp3) is 0.150. The normalized spacial score (nSPS) is 13.9. The number of benzene rings is 2. The molecule has 0 spiro atoms. The highest BCUT2D eigenvalue weighted by molar-refractivity contribution is 7.92. The Morgan fingerprint density at radius 2 is 1.80 bits per heavy atom. The lowest BCUT2D eigenvalue weighted by Gasteiger charge is -2.17. The zero-order chi connectivity index (χ0) is 21.5. The number of sulfonamides is 1. The molecule has 1 N–H and O–H groups in total. The van der Waals surface area contributed by atoms with Crippen molar-refractivity contribution in [1.82, 2.24) is 0 Å². The lowest BCUT2D eigenvalue weighted by molar-refractivity contribution is -0.137. The molecule has 156 valence electrons. The number of carbonyl (C=O) groups excluding carboxylic acids is 1. The van der Waals surface area contributed by atoms with Crippen molar-refractivity contribution in [1.29, 1.82) is 0 Å². The summed E-state index contributed by atoms with van der Waals surface area (Å²) >= 11 is 0. The molecule has 10 heteroatoms. The van der Waals surface area contributed by atoms with Crippen molar-refractivity contribution in [3.05, 3.63) is 77.7 Å². The number of alkyl halides is 3. The molecule has 2 heterocycles. The molecular weight excluding hydrogens is 421 g/mol. The molecule has 30 heavy (non-hydrogen) atoms. The largest absolute Gasteiger partial charge is 0.459 e. The number of carbonyl (C=O) groups is 1. The summed E-state index contributed by atoms with van der Waals surface area (Å²) in [6.45, 7) is 0.421. The van der Waals surface area contributed by atoms with Gasteiger partial charge < -0.3 is 9.32 Å². The number of hydrogen-bond acceptors (Lipinski definition) is 4. The van der Waals surface area contributed by atoms with Gasteiger partial charge in [-0.3, -0.25) is 9.52 Å². The van der Waals surface area contributed by atoms with Gasteiger partial charge in [0.05, 0.1) is 22.4 Å². The second-order valence-electron chi connectivity index (χ2n) is 6.66. The third-order valence-corrected chi connectivity index (χ3v) is 6.10. The molecule has 0 aliphatic carbocycles. The minimum Gasteiger partial charge on any atom is -0.459 e. The van der Waals surface area contributed by atoms with Crippen molar-refractivity contribution < 1.29 is 30.8 Å². The maximum atomic E-state index is 12.7. The molecular formula is C20H15F3N2O4S. The number of rotatable bonds is 4. The molecule has 3 aromatic rings. The first-order valence-corrected chi connectivity index (χ1v) is 10.3. The average Bonchev–Trinajstić information content (AvgIpc) is 3.36. The molecule has 6 nitrogen and oxygen atoms in total. The van der Waals surface area contributed by atoms with Gasteiger partial charge in [-0.15, -0.1) is 0 Å². The summed E-state index contributed by atoms with van der Waals surface area (Å²) in [4.78, 5) is 13.8. The Bertz CT molecular complexity index is 1190. The minimum atomic E-state index is -4.56. The van der Waals surface area contributed by atoms with Gasteiger partial charge in [-0.05, 0) is 60.5 Å². The number of halogens is 3. The summed E-state index contributed by atoms with van der Waals surface area (Å²) in [5, 5.41) is 0. The van der Waals surface area contributed by atoms with Crippen LogP contribution in [-0.4, -0.2) is 20.9 Å². The van der Waals surface area contributed by atoms with Gasteiger partial charge in [0.2, 0.25) is 0 Å². The molecule has 1 amide bonds. The Hall–Kier alpha value is -3.27. The van der Waals surface area contributed by atoms with E-state index in [0.717, 1.165) is 17.7 Å². The van der Waals surface area contributed by atoms with Crippen LogP contribution in [0.25, 0.3) is 0 Å². The van der Waals surface area contributed by atoms with Crippen LogP contribution in [0, 0.1) is 0 Å². The standard InChI is InChI=1S/C20H15F3N2O4S/c21-20(22,23)14-4-7-16(8-5-14)30(27,28)24-15-6-3-13-9-10-25(17(13)12-15)19(26)18-2-1-11-29-18/h1-8,11-12,24H,9-10H2. The van der Waals surface area contributed by atoms with Crippen molar-refractivity contribution in [3.63, 3.8) is 0 Å². The van der Waals surface area contributed by atoms with Crippen LogP contribution in [0.4, 0.5) is 24.5 Å². The summed E-state index contributed by atoms with van der Waals surface area (Å²) in [6.07, 6.45) is -2.56. The predicted molar refractivity (Wildman–Crippen MR) is 103 cm³/mol. The van der Waals surface area contributed by atoms with Gasteiger partial charge in [0, 0.05) is 12.2 Å². The molecule has 0 saturated heterocycles. The zero-order valence-electron chi connectivity index (χ0n) is 15.3. The number of fused-ring (bicyclic) bond motifs is 1. The van der Waals surface area contributed by atoms with Crippen LogP contribution < -0.4 is 9.62 Å². The van der Waals surface area contributed by atoms with Gasteiger partial charge in [0.25, 0.3) is 15.9 Å². The number of anilines is 2. The predicted octanol–water partition coefficient (Wildman–Crippen LogP) is 4.30. The van der Waals surface area contributed by atoms with Gasteiger partial charge in [0.15, 0.2) is 5.76 Å². The fourth-order valence-corrected chi connectivity index (χ4v) is 4.27. The Morgan fingerprint density at radius 1 is 1.07 bits per heavy atom. The molecule has 0 atom stereocenters. The summed E-state index contributed by atoms with van der Waals surface area (Å²) in [6, 6.07) is 11.1. The number of hydrogen-bond donors (Lipinski definition) is 1. The first-order chi connectivity index (χ1) is 14.1. The smallest absolute Gasteiger partial charge is 0.416 e. The lowest BCUT2D eigenvalue weighted by atomic mass is 10.1. The summed E-state index contributed by atoms with van der Waals surface area (Å²) < 4.78 is 70.7. The maximum absolute atomic E-state index is 12.7. The lowest BCUT2D eigenvalue weighted by Crippen LogP contribution is -2.28. The van der Waals surface area contributed by atoms with Crippen molar-refractivity contribution in [2.24, 2.45) is 0 Å². The van der Waals surface area contributed by atoms with E-state index in [-0.39, 0.29) is 22.3 Å². The Labute approximate surface area is 170 Å². The van der Waals surface area contributed by atoms with Gasteiger partial charge in [0.1, 0.15) is 0 Å². The van der Waals surface area contributed by atoms with Crippen LogP contribution in [0.15, 0.2) is 70.2 Å². The molecule has 2 aromatic carbocycles. The Balaban J connectivity index is 1.59. The maximum Gasteiger partial charge on any atom is 0.416 e. The van der Waals surface area contributed by atoms with Gasteiger partial charge in [-0.1, -0.05) is 6.07 Å². The van der Waals surface area contributed by atoms with E-state index in [1.165, 1.54) is 23.3 Å². The minimum absolute atomic E-state index is 0.165. The summed E-state index contributed by atoms with van der Waals surface area (Å²) in [5.74, 6) is -0.180. The first-order valence-electron chi connectivity index (χ1n) is 8.83. The second-order valence-corrected chi connectivity index (χ2v) is 8.34. The van der Waals surface area contributed by atoms with Crippen LogP contribution >= 0.6 is 0 Å². The molecule has 0 bridgehead atoms. The number of amides is 1. The van der Waals surface area contributed by atoms with Crippen molar-refractivity contribution >= 4 is 27.3 Å². The van der Waals surface area contributed by atoms with Crippen molar-refractivity contribution in [2.75, 3.05) is 16.2 Å². The van der Waals surface area contributed by atoms with Crippen LogP contribution in [0.2, 0.25) is 0 Å². The molecule has 1 aromatic heterocycles. The van der Waals surface area contributed by atoms with Gasteiger partial charge >= 0.3 is 6.18 Å². The van der Waals surface area contributed by atoms with E-state index >= 15 is 0 Å². The number of nitrogens with one attached hydrogen (secondary N) is 1. The topological polar surface area (TPSA) is 79.6 Å². The fourth-order valence-electron chi connectivity index (χ4n) is 3.22. The van der Waals surface area contributed by atoms with Crippen LogP contribution in [0.5, 0.6) is 0 Å². The van der Waals surface area contributed by atoms with Gasteiger partial charge in [-0.2, -0.15) is 13.2 Å². The van der Waals surface area contributed by atoms with E-state index in [9.17, 15) is 26.4 Å². The highest BCUT2D eigenvalue weighted by Crippen LogP contribution is 2.33. The molecule has 1 aliphatic heterocycles. The first kappa shape index (κ1) is 20.0. The van der Waals surface area contributed by atoms with Gasteiger partial charge in [-0.25, -0.2) is 8.42 Å². The Kier molecular flexibility index (Phi) is 4.81. The third kappa shape index (κ3) is 3.78. The second kappa shape index (κ2) is 7.21. The highest BCUT2D eigenvalue weighted by atomic mass is 32.2. The highest BCUT2D eigenvalue weighted by Gasteiger charge is 2.31. The van der Waals surface area contributed by atoms with Crippen molar-refractivity contribution in [3.8, 4) is 0 Å². The molecule has 1 aliphatic rings. The van der Waals surface area contributed by atoms with E-state index in [4.69, 9.17) is 4.42 Å². The zero-order valence-corrected chi connectivity index (χ0v) is 16.1. The molecule has 4 rings (SSSR count). The van der Waals surface area contributed by atoms with E-state index in [2.05, 4.69) is 4.72 Å². The summed E-state index contributed by atoms with van der Waals surface area (Å²) in [5.41, 5.74) is 0.662. The monoisotopic (exact) mass is 436 g/mol. The van der Waals surface area contributed by atoms with E-state index < -0.39 is 21.8 Å². The third-order valence-electron chi connectivity index (χ3n) is 4.70. The number of furan rings is 1. The average molecular weight is 436 g/mol. The number of nitrogens with zero attached hydrogens (tertiary/aromatic N) is 1. The van der Waals surface area contributed by atoms with Crippen LogP contribution in [0.1, 0.15) is 21.7 Å². The quantitative estimate of drug-likeness (QED) is 0.661. The molecule has 0 saturated carbocycles. The summed E-state index contributed by atoms with van der Waals surface area (Å²) in [7, 11) is -4.11. The van der Waals surface area contributed by atoms with E-state index in [1.807, 2.05) is 0 Å². The van der Waals surface area contributed by atoms with Crippen molar-refractivity contribution in [2.45, 2.75) is 17.5 Å². The van der Waals surface area contributed by atoms with E-state index in [1.54, 1.807) is 18.2 Å². The molecule has 0 unspecified atom stereocenters. The van der Waals surface area contributed by atoms with Crippen LogP contribution in [0.3, 0.4) is 0 Å².